The van der Waals surface area contributed by atoms with Crippen LogP contribution in [0.15, 0.2) is 54.6 Å². The number of hydrogen-bond acceptors (Lipinski definition) is 2. The Morgan fingerprint density at radius 2 is 1.73 bits per heavy atom. The Morgan fingerprint density at radius 3 is 2.47 bits per heavy atom. The molecule has 1 heterocycles. The number of carbonyl (C=O) groups is 2. The second kappa shape index (κ2) is 8.93. The first-order chi connectivity index (χ1) is 14.5. The first-order valence-corrected chi connectivity index (χ1v) is 11.8. The Balaban J connectivity index is 1.63. The van der Waals surface area contributed by atoms with Crippen molar-refractivity contribution in [2.45, 2.75) is 61.7 Å². The molecule has 1 aliphatic carbocycles. The fourth-order valence-corrected chi connectivity index (χ4v) is 5.51. The van der Waals surface area contributed by atoms with E-state index in [4.69, 9.17) is 0 Å². The number of amides is 2. The molecule has 1 aliphatic heterocycles. The SMILES string of the molecule is CC1(NC(=O)CN2C(=O)[C@@H](Br)C[C@H](c3ccccc3)c3ccccc32)CCCCC1. The zero-order valence-corrected chi connectivity index (χ0v) is 19.0. The molecule has 0 spiro atoms. The van der Waals surface area contributed by atoms with E-state index in [0.717, 1.165) is 36.9 Å². The van der Waals surface area contributed by atoms with Gasteiger partial charge in [-0.25, -0.2) is 0 Å². The van der Waals surface area contributed by atoms with Crippen LogP contribution in [0.1, 0.15) is 62.5 Å². The van der Waals surface area contributed by atoms with Gasteiger partial charge in [0.2, 0.25) is 11.8 Å². The van der Waals surface area contributed by atoms with E-state index in [1.807, 2.05) is 36.4 Å². The zero-order valence-electron chi connectivity index (χ0n) is 17.4. The second-order valence-corrected chi connectivity index (χ2v) is 9.92. The summed E-state index contributed by atoms with van der Waals surface area (Å²) < 4.78 is 0. The standard InChI is InChI=1S/C25H29BrN2O2/c1-25(14-8-3-9-15-25)27-23(29)17-28-22-13-7-6-12-19(22)20(16-21(26)24(28)30)18-10-4-2-5-11-18/h2,4-7,10-13,20-21H,3,8-9,14-17H2,1H3,(H,27,29)/t20-,21+/m1/s1. The number of alkyl halides is 1. The maximum absolute atomic E-state index is 13.3. The van der Waals surface area contributed by atoms with Crippen molar-refractivity contribution < 1.29 is 9.59 Å². The van der Waals surface area contributed by atoms with Crippen molar-refractivity contribution >= 4 is 33.4 Å². The van der Waals surface area contributed by atoms with Gasteiger partial charge in [-0.1, -0.05) is 83.7 Å². The van der Waals surface area contributed by atoms with Crippen molar-refractivity contribution in [1.82, 2.24) is 5.32 Å². The predicted octanol–water partition coefficient (Wildman–Crippen LogP) is 5.16. The molecule has 0 unspecified atom stereocenters. The number of carbonyl (C=O) groups excluding carboxylic acids is 2. The molecule has 1 fully saturated rings. The van der Waals surface area contributed by atoms with E-state index < -0.39 is 0 Å². The number of nitrogens with zero attached hydrogens (tertiary/aromatic N) is 1. The highest BCUT2D eigenvalue weighted by atomic mass is 79.9. The molecule has 4 rings (SSSR count). The molecule has 2 aromatic carbocycles. The largest absolute Gasteiger partial charge is 0.349 e. The summed E-state index contributed by atoms with van der Waals surface area (Å²) in [6.45, 7) is 2.18. The highest BCUT2D eigenvalue weighted by molar-refractivity contribution is 9.10. The molecule has 30 heavy (non-hydrogen) atoms. The van der Waals surface area contributed by atoms with Crippen LogP contribution in [0, 0.1) is 0 Å². The van der Waals surface area contributed by atoms with E-state index in [9.17, 15) is 9.59 Å². The lowest BCUT2D eigenvalue weighted by molar-refractivity contribution is -0.125. The second-order valence-electron chi connectivity index (χ2n) is 8.82. The van der Waals surface area contributed by atoms with Crippen molar-refractivity contribution in [3.05, 3.63) is 65.7 Å². The molecule has 2 aliphatic rings. The number of fused-ring (bicyclic) bond motifs is 1. The molecular formula is C25H29BrN2O2. The number of anilines is 1. The van der Waals surface area contributed by atoms with Gasteiger partial charge in [0, 0.05) is 17.1 Å². The predicted molar refractivity (Wildman–Crippen MR) is 124 cm³/mol. The van der Waals surface area contributed by atoms with E-state index in [1.165, 1.54) is 12.0 Å². The van der Waals surface area contributed by atoms with E-state index in [1.54, 1.807) is 4.90 Å². The monoisotopic (exact) mass is 468 g/mol. The minimum absolute atomic E-state index is 0.0506. The maximum atomic E-state index is 13.3. The zero-order chi connectivity index (χ0) is 21.1. The van der Waals surface area contributed by atoms with Crippen LogP contribution in [0.2, 0.25) is 0 Å². The first-order valence-electron chi connectivity index (χ1n) is 10.9. The summed E-state index contributed by atoms with van der Waals surface area (Å²) >= 11 is 3.62. The molecule has 2 atom stereocenters. The molecule has 2 aromatic rings. The molecule has 4 nitrogen and oxygen atoms in total. The van der Waals surface area contributed by atoms with Gasteiger partial charge in [0.15, 0.2) is 0 Å². The van der Waals surface area contributed by atoms with Crippen molar-refractivity contribution in [2.75, 3.05) is 11.4 Å². The Bertz CT molecular complexity index is 908. The van der Waals surface area contributed by atoms with Crippen LogP contribution in [0.3, 0.4) is 0 Å². The lowest BCUT2D eigenvalue weighted by atomic mass is 9.83. The van der Waals surface area contributed by atoms with Gasteiger partial charge in [-0.15, -0.1) is 0 Å². The summed E-state index contributed by atoms with van der Waals surface area (Å²) in [5, 5.41) is 3.22. The summed E-state index contributed by atoms with van der Waals surface area (Å²) in [5.74, 6) is -0.0371. The minimum atomic E-state index is -0.340. The van der Waals surface area contributed by atoms with Crippen LogP contribution < -0.4 is 10.2 Å². The van der Waals surface area contributed by atoms with Crippen LogP contribution >= 0.6 is 15.9 Å². The normalized spacial score (nSPS) is 23.4. The lowest BCUT2D eigenvalue weighted by Crippen LogP contribution is -2.52. The van der Waals surface area contributed by atoms with Crippen LogP contribution in [0.25, 0.3) is 0 Å². The molecule has 1 N–H and O–H groups in total. The summed E-state index contributed by atoms with van der Waals surface area (Å²) in [7, 11) is 0. The van der Waals surface area contributed by atoms with Crippen molar-refractivity contribution in [2.24, 2.45) is 0 Å². The lowest BCUT2D eigenvalue weighted by Gasteiger charge is -2.35. The smallest absolute Gasteiger partial charge is 0.241 e. The quantitative estimate of drug-likeness (QED) is 0.630. The molecule has 2 amide bonds. The van der Waals surface area contributed by atoms with E-state index in [2.05, 4.69) is 46.4 Å². The Kier molecular flexibility index (Phi) is 6.28. The van der Waals surface area contributed by atoms with Gasteiger partial charge in [-0.05, 0) is 43.4 Å². The van der Waals surface area contributed by atoms with Crippen LogP contribution in [-0.2, 0) is 9.59 Å². The molecule has 158 valence electrons. The Hall–Kier alpha value is -2.14. The minimum Gasteiger partial charge on any atom is -0.349 e. The average molecular weight is 469 g/mol. The molecule has 0 aromatic heterocycles. The van der Waals surface area contributed by atoms with Gasteiger partial charge in [-0.3, -0.25) is 9.59 Å². The summed E-state index contributed by atoms with van der Waals surface area (Å²) in [4.78, 5) is 27.6. The van der Waals surface area contributed by atoms with Crippen LogP contribution in [0.5, 0.6) is 0 Å². The van der Waals surface area contributed by atoms with E-state index in [0.29, 0.717) is 6.42 Å². The fraction of sp³-hybridized carbons (Fsp3) is 0.440. The number of halogens is 1. The third kappa shape index (κ3) is 4.46. The van der Waals surface area contributed by atoms with E-state index in [-0.39, 0.29) is 34.6 Å². The van der Waals surface area contributed by atoms with Gasteiger partial charge >= 0.3 is 0 Å². The third-order valence-electron chi connectivity index (χ3n) is 6.48. The van der Waals surface area contributed by atoms with Gasteiger partial charge in [-0.2, -0.15) is 0 Å². The summed E-state index contributed by atoms with van der Waals surface area (Å²) in [6.07, 6.45) is 6.18. The fourth-order valence-electron chi connectivity index (χ4n) is 4.89. The Morgan fingerprint density at radius 1 is 1.07 bits per heavy atom. The molecule has 1 saturated carbocycles. The topological polar surface area (TPSA) is 49.4 Å². The molecule has 5 heteroatoms. The van der Waals surface area contributed by atoms with Crippen molar-refractivity contribution in [3.63, 3.8) is 0 Å². The van der Waals surface area contributed by atoms with Gasteiger partial charge in [0.25, 0.3) is 0 Å². The van der Waals surface area contributed by atoms with Gasteiger partial charge in [0.05, 0.1) is 4.83 Å². The highest BCUT2D eigenvalue weighted by Crippen LogP contribution is 2.40. The van der Waals surface area contributed by atoms with Crippen LogP contribution in [-0.4, -0.2) is 28.7 Å². The number of para-hydroxylation sites is 1. The number of hydrogen-bond donors (Lipinski definition) is 1. The first kappa shape index (κ1) is 21.1. The maximum Gasteiger partial charge on any atom is 0.241 e. The Labute approximate surface area is 187 Å². The van der Waals surface area contributed by atoms with Gasteiger partial charge < -0.3 is 10.2 Å². The van der Waals surface area contributed by atoms with E-state index >= 15 is 0 Å². The molecule has 0 radical (unpaired) electrons. The number of benzene rings is 2. The number of nitrogens with one attached hydrogen (secondary N) is 1. The molecular weight excluding hydrogens is 440 g/mol. The van der Waals surface area contributed by atoms with Crippen LogP contribution in [0.4, 0.5) is 5.69 Å². The molecule has 0 saturated heterocycles. The third-order valence-corrected chi connectivity index (χ3v) is 7.25. The highest BCUT2D eigenvalue weighted by Gasteiger charge is 2.36. The number of rotatable bonds is 4. The summed E-state index contributed by atoms with van der Waals surface area (Å²) in [5.41, 5.74) is 2.95. The van der Waals surface area contributed by atoms with Crippen molar-refractivity contribution in [1.29, 1.82) is 0 Å². The molecule has 0 bridgehead atoms. The summed E-state index contributed by atoms with van der Waals surface area (Å²) in [6, 6.07) is 18.3. The average Bonchev–Trinajstić information content (AvgIpc) is 2.85. The van der Waals surface area contributed by atoms with Gasteiger partial charge in [0.1, 0.15) is 6.54 Å². The van der Waals surface area contributed by atoms with Crippen molar-refractivity contribution in [3.8, 4) is 0 Å².